The van der Waals surface area contributed by atoms with Gasteiger partial charge in [0.1, 0.15) is 0 Å². The summed E-state index contributed by atoms with van der Waals surface area (Å²) in [6.45, 7) is 3.69. The Morgan fingerprint density at radius 3 is 2.25 bits per heavy atom. The van der Waals surface area contributed by atoms with Gasteiger partial charge in [0.05, 0.1) is 0 Å². The number of rotatable bonds is 3. The molecule has 4 nitrogen and oxygen atoms in total. The summed E-state index contributed by atoms with van der Waals surface area (Å²) >= 11 is 18.8. The van der Waals surface area contributed by atoms with Gasteiger partial charge in [0, 0.05) is 65.4 Å². The first-order chi connectivity index (χ1) is 13.4. The van der Waals surface area contributed by atoms with Crippen LogP contribution in [0.2, 0.25) is 15.1 Å². The average molecular weight is 438 g/mol. The summed E-state index contributed by atoms with van der Waals surface area (Å²) in [5.41, 5.74) is 2.28. The minimum Gasteiger partial charge on any atom is -0.339 e. The smallest absolute Gasteiger partial charge is 0.246 e. The normalized spacial score (nSPS) is 14.6. The Morgan fingerprint density at radius 2 is 1.61 bits per heavy atom. The first-order valence-corrected chi connectivity index (χ1v) is 9.96. The number of hydrogen-bond donors (Lipinski definition) is 0. The van der Waals surface area contributed by atoms with Gasteiger partial charge in [-0.15, -0.1) is 0 Å². The largest absolute Gasteiger partial charge is 0.339 e. The highest BCUT2D eigenvalue weighted by Crippen LogP contribution is 2.37. The molecule has 1 fully saturated rings. The van der Waals surface area contributed by atoms with Crippen LogP contribution in [-0.4, -0.2) is 47.8 Å². The standard InChI is InChI=1S/C21H19Cl3N2O2/c1-14(27)25-9-11-26(12-10-25)20(28)8-5-15-3-2-4-18(23)21(15)17-7-6-16(22)13-19(17)24/h2-8,13H,9-12H2,1H3/b8-5+. The minimum absolute atomic E-state index is 0.0334. The van der Waals surface area contributed by atoms with Crippen LogP contribution in [0.4, 0.5) is 0 Å². The lowest BCUT2D eigenvalue weighted by molar-refractivity contribution is -0.135. The summed E-state index contributed by atoms with van der Waals surface area (Å²) in [4.78, 5) is 27.4. The minimum atomic E-state index is -0.101. The molecule has 0 radical (unpaired) electrons. The Labute approximate surface area is 179 Å². The van der Waals surface area contributed by atoms with Crippen molar-refractivity contribution in [1.29, 1.82) is 0 Å². The van der Waals surface area contributed by atoms with Gasteiger partial charge in [0.15, 0.2) is 0 Å². The molecule has 0 aromatic heterocycles. The highest BCUT2D eigenvalue weighted by molar-refractivity contribution is 6.38. The van der Waals surface area contributed by atoms with Gasteiger partial charge in [0.25, 0.3) is 0 Å². The van der Waals surface area contributed by atoms with Crippen LogP contribution in [0.1, 0.15) is 12.5 Å². The second kappa shape index (κ2) is 8.99. The fourth-order valence-electron chi connectivity index (χ4n) is 3.16. The van der Waals surface area contributed by atoms with Gasteiger partial charge >= 0.3 is 0 Å². The van der Waals surface area contributed by atoms with E-state index in [0.717, 1.165) is 16.7 Å². The van der Waals surface area contributed by atoms with Crippen molar-refractivity contribution in [3.05, 3.63) is 63.1 Å². The number of carbonyl (C=O) groups is 2. The quantitative estimate of drug-likeness (QED) is 0.633. The van der Waals surface area contributed by atoms with E-state index in [0.29, 0.717) is 41.2 Å². The molecule has 1 aliphatic heterocycles. The number of piperazine rings is 1. The number of benzene rings is 2. The van der Waals surface area contributed by atoms with E-state index in [9.17, 15) is 9.59 Å². The van der Waals surface area contributed by atoms with Crippen molar-refractivity contribution in [2.45, 2.75) is 6.92 Å². The van der Waals surface area contributed by atoms with E-state index >= 15 is 0 Å². The summed E-state index contributed by atoms with van der Waals surface area (Å²) in [6.07, 6.45) is 3.27. The number of nitrogens with zero attached hydrogens (tertiary/aromatic N) is 2. The van der Waals surface area contributed by atoms with Crippen molar-refractivity contribution in [2.24, 2.45) is 0 Å². The Morgan fingerprint density at radius 1 is 0.929 bits per heavy atom. The molecule has 0 N–H and O–H groups in total. The zero-order valence-electron chi connectivity index (χ0n) is 15.3. The summed E-state index contributed by atoms with van der Waals surface area (Å²) in [6, 6.07) is 10.7. The number of carbonyl (C=O) groups excluding carboxylic acids is 2. The zero-order valence-corrected chi connectivity index (χ0v) is 17.6. The van der Waals surface area contributed by atoms with Crippen LogP contribution >= 0.6 is 34.8 Å². The van der Waals surface area contributed by atoms with E-state index in [1.165, 1.54) is 6.08 Å². The molecule has 0 aliphatic carbocycles. The maximum absolute atomic E-state index is 12.6. The van der Waals surface area contributed by atoms with Crippen molar-refractivity contribution in [2.75, 3.05) is 26.2 Å². The highest BCUT2D eigenvalue weighted by atomic mass is 35.5. The van der Waals surface area contributed by atoms with Gasteiger partial charge in [-0.1, -0.05) is 53.0 Å². The maximum atomic E-state index is 12.6. The van der Waals surface area contributed by atoms with Crippen LogP contribution in [0.5, 0.6) is 0 Å². The van der Waals surface area contributed by atoms with Crippen LogP contribution < -0.4 is 0 Å². The molecule has 0 unspecified atom stereocenters. The summed E-state index contributed by atoms with van der Waals surface area (Å²) in [5.74, 6) is -0.0672. The molecule has 2 amide bonds. The van der Waals surface area contributed by atoms with Gasteiger partial charge in [-0.2, -0.15) is 0 Å². The molecule has 3 rings (SSSR count). The monoisotopic (exact) mass is 436 g/mol. The summed E-state index contributed by atoms with van der Waals surface area (Å²) < 4.78 is 0. The Hall–Kier alpha value is -2.01. The molecule has 0 saturated carbocycles. The second-order valence-corrected chi connectivity index (χ2v) is 7.74. The predicted molar refractivity (Wildman–Crippen MR) is 115 cm³/mol. The molecule has 2 aromatic carbocycles. The van der Waals surface area contributed by atoms with Gasteiger partial charge < -0.3 is 9.80 Å². The Bertz CT molecular complexity index is 935. The van der Waals surface area contributed by atoms with E-state index in [2.05, 4.69) is 0 Å². The third-order valence-electron chi connectivity index (χ3n) is 4.69. The van der Waals surface area contributed by atoms with Crippen LogP contribution in [-0.2, 0) is 9.59 Å². The zero-order chi connectivity index (χ0) is 20.3. The van der Waals surface area contributed by atoms with Crippen molar-refractivity contribution in [3.63, 3.8) is 0 Å². The SMILES string of the molecule is CC(=O)N1CCN(C(=O)/C=C/c2cccc(Cl)c2-c2ccc(Cl)cc2Cl)CC1. The van der Waals surface area contributed by atoms with Crippen LogP contribution in [0.15, 0.2) is 42.5 Å². The molecule has 1 heterocycles. The van der Waals surface area contributed by atoms with Gasteiger partial charge in [-0.05, 0) is 29.8 Å². The lowest BCUT2D eigenvalue weighted by atomic mass is 9.99. The highest BCUT2D eigenvalue weighted by Gasteiger charge is 2.21. The summed E-state index contributed by atoms with van der Waals surface area (Å²) in [5, 5.41) is 1.56. The average Bonchev–Trinajstić information content (AvgIpc) is 2.67. The van der Waals surface area contributed by atoms with Crippen LogP contribution in [0.3, 0.4) is 0 Å². The molecular weight excluding hydrogens is 419 g/mol. The van der Waals surface area contributed by atoms with Crippen LogP contribution in [0.25, 0.3) is 17.2 Å². The van der Waals surface area contributed by atoms with Gasteiger partial charge in [-0.25, -0.2) is 0 Å². The lowest BCUT2D eigenvalue weighted by Crippen LogP contribution is -2.49. The summed E-state index contributed by atoms with van der Waals surface area (Å²) in [7, 11) is 0. The molecule has 7 heteroatoms. The first kappa shape index (κ1) is 20.7. The molecule has 0 atom stereocenters. The van der Waals surface area contributed by atoms with Crippen LogP contribution in [0, 0.1) is 0 Å². The molecule has 28 heavy (non-hydrogen) atoms. The second-order valence-electron chi connectivity index (χ2n) is 6.49. The fraction of sp³-hybridized carbons (Fsp3) is 0.238. The molecule has 1 saturated heterocycles. The van der Waals surface area contributed by atoms with Gasteiger partial charge in [0.2, 0.25) is 11.8 Å². The number of halogens is 3. The molecular formula is C21H19Cl3N2O2. The maximum Gasteiger partial charge on any atom is 0.246 e. The number of hydrogen-bond acceptors (Lipinski definition) is 2. The lowest BCUT2D eigenvalue weighted by Gasteiger charge is -2.33. The Kier molecular flexibility index (Phi) is 6.65. The number of amides is 2. The van der Waals surface area contributed by atoms with E-state index in [1.807, 2.05) is 18.2 Å². The van der Waals surface area contributed by atoms with Crippen molar-refractivity contribution < 1.29 is 9.59 Å². The van der Waals surface area contributed by atoms with E-state index in [4.69, 9.17) is 34.8 Å². The van der Waals surface area contributed by atoms with E-state index < -0.39 is 0 Å². The Balaban J connectivity index is 1.82. The molecule has 1 aliphatic rings. The van der Waals surface area contributed by atoms with Crippen molar-refractivity contribution in [3.8, 4) is 11.1 Å². The molecule has 0 spiro atoms. The predicted octanol–water partition coefficient (Wildman–Crippen LogP) is 5.02. The third-order valence-corrected chi connectivity index (χ3v) is 5.55. The molecule has 2 aromatic rings. The van der Waals surface area contributed by atoms with E-state index in [1.54, 1.807) is 41.0 Å². The third kappa shape index (κ3) is 4.69. The van der Waals surface area contributed by atoms with Gasteiger partial charge in [-0.3, -0.25) is 9.59 Å². The van der Waals surface area contributed by atoms with Crippen molar-refractivity contribution >= 4 is 52.7 Å². The molecule has 146 valence electrons. The van der Waals surface area contributed by atoms with Crippen molar-refractivity contribution in [1.82, 2.24) is 9.80 Å². The first-order valence-electron chi connectivity index (χ1n) is 8.83. The topological polar surface area (TPSA) is 40.6 Å². The molecule has 0 bridgehead atoms. The fourth-order valence-corrected chi connectivity index (χ4v) is 3.95. The van der Waals surface area contributed by atoms with E-state index in [-0.39, 0.29) is 11.8 Å².